The Morgan fingerprint density at radius 2 is 1.95 bits per heavy atom. The van der Waals surface area contributed by atoms with Gasteiger partial charge in [0.15, 0.2) is 5.96 Å². The van der Waals surface area contributed by atoms with Gasteiger partial charge in [-0.2, -0.15) is 0 Å². The normalized spacial score (nSPS) is 17.7. The lowest BCUT2D eigenvalue weighted by molar-refractivity contribution is 0.186. The van der Waals surface area contributed by atoms with Crippen LogP contribution in [0.3, 0.4) is 0 Å². The molecule has 3 N–H and O–H groups in total. The van der Waals surface area contributed by atoms with Crippen LogP contribution in [0.1, 0.15) is 30.9 Å². The van der Waals surface area contributed by atoms with Gasteiger partial charge in [-0.05, 0) is 37.0 Å². The number of aliphatic imine (C=N–C) groups is 1. The van der Waals surface area contributed by atoms with E-state index >= 15 is 0 Å². The van der Waals surface area contributed by atoms with Crippen LogP contribution in [0.15, 0.2) is 29.5 Å². The van der Waals surface area contributed by atoms with Crippen LogP contribution < -0.4 is 5.73 Å². The second-order valence-electron chi connectivity index (χ2n) is 4.54. The third-order valence-corrected chi connectivity index (χ3v) is 3.20. The third kappa shape index (κ3) is 4.94. The zero-order valence-corrected chi connectivity index (χ0v) is 13.2. The number of aliphatic hydroxyl groups is 1. The second-order valence-corrected chi connectivity index (χ2v) is 4.54. The molecule has 2 heterocycles. The summed E-state index contributed by atoms with van der Waals surface area (Å²) in [5, 5.41) is 9.96. The molecule has 1 aliphatic rings. The van der Waals surface area contributed by atoms with E-state index in [9.17, 15) is 5.11 Å². The van der Waals surface area contributed by atoms with Crippen LogP contribution in [0, 0.1) is 0 Å². The van der Waals surface area contributed by atoms with Gasteiger partial charge in [0, 0.05) is 25.5 Å². The van der Waals surface area contributed by atoms with E-state index in [4.69, 9.17) is 5.73 Å². The van der Waals surface area contributed by atoms with E-state index in [2.05, 4.69) is 14.9 Å². The predicted molar refractivity (Wildman–Crippen MR) is 86.5 cm³/mol. The number of halogens is 1. The molecule has 0 saturated carbocycles. The number of likely N-dealkylation sites (tertiary alicyclic amines) is 1. The fourth-order valence-corrected chi connectivity index (χ4v) is 2.09. The summed E-state index contributed by atoms with van der Waals surface area (Å²) in [6, 6.07) is 3.58. The Bertz CT molecular complexity index is 393. The molecule has 1 aromatic heterocycles. The maximum atomic E-state index is 9.96. The van der Waals surface area contributed by atoms with E-state index < -0.39 is 6.10 Å². The molecule has 0 radical (unpaired) electrons. The van der Waals surface area contributed by atoms with Crippen molar-refractivity contribution in [1.82, 2.24) is 9.88 Å². The Hall–Kier alpha value is -0.890. The Kier molecular flexibility index (Phi) is 7.07. The van der Waals surface area contributed by atoms with E-state index in [1.54, 1.807) is 24.5 Å². The van der Waals surface area contributed by atoms with Gasteiger partial charge in [-0.15, -0.1) is 24.0 Å². The average Bonchev–Trinajstić information content (AvgIpc) is 2.46. The van der Waals surface area contributed by atoms with Crippen LogP contribution in [-0.4, -0.2) is 40.6 Å². The number of aromatic nitrogens is 1. The van der Waals surface area contributed by atoms with Crippen molar-refractivity contribution in [2.75, 3.05) is 19.6 Å². The highest BCUT2D eigenvalue weighted by atomic mass is 127. The number of hydrogen-bond donors (Lipinski definition) is 2. The summed E-state index contributed by atoms with van der Waals surface area (Å²) in [7, 11) is 0. The summed E-state index contributed by atoms with van der Waals surface area (Å²) in [6.45, 7) is 2.24. The predicted octanol–water partition coefficient (Wildman–Crippen LogP) is 1.53. The molecule has 1 aromatic rings. The minimum Gasteiger partial charge on any atom is -0.386 e. The van der Waals surface area contributed by atoms with Crippen LogP contribution in [0.25, 0.3) is 0 Å². The molecule has 6 heteroatoms. The summed E-state index contributed by atoms with van der Waals surface area (Å²) >= 11 is 0. The monoisotopic (exact) mass is 376 g/mol. The van der Waals surface area contributed by atoms with Gasteiger partial charge in [-0.3, -0.25) is 9.98 Å². The van der Waals surface area contributed by atoms with Crippen molar-refractivity contribution >= 4 is 29.9 Å². The molecule has 1 atom stereocenters. The van der Waals surface area contributed by atoms with Crippen molar-refractivity contribution in [3.63, 3.8) is 0 Å². The van der Waals surface area contributed by atoms with Gasteiger partial charge < -0.3 is 15.7 Å². The molecule has 0 aromatic carbocycles. The summed E-state index contributed by atoms with van der Waals surface area (Å²) in [5.74, 6) is 0.544. The van der Waals surface area contributed by atoms with E-state index in [-0.39, 0.29) is 24.0 Å². The Morgan fingerprint density at radius 3 is 2.58 bits per heavy atom. The number of nitrogens with two attached hydrogens (primary N) is 1. The number of pyridine rings is 1. The standard InChI is InChI=1S/C13H20N4O.HI/c14-13(17-8-2-1-3-9-17)16-10-12(18)11-4-6-15-7-5-11;/h4-7,12,18H,1-3,8-10H2,(H2,14,16);1H. The molecule has 19 heavy (non-hydrogen) atoms. The van der Waals surface area contributed by atoms with Gasteiger partial charge >= 0.3 is 0 Å². The maximum absolute atomic E-state index is 9.96. The van der Waals surface area contributed by atoms with E-state index in [0.29, 0.717) is 12.5 Å². The van der Waals surface area contributed by atoms with Crippen LogP contribution in [0.2, 0.25) is 0 Å². The molecular weight excluding hydrogens is 355 g/mol. The summed E-state index contributed by atoms with van der Waals surface area (Å²) < 4.78 is 0. The average molecular weight is 376 g/mol. The molecule has 1 aliphatic heterocycles. The highest BCUT2D eigenvalue weighted by Gasteiger charge is 2.12. The zero-order chi connectivity index (χ0) is 12.8. The lowest BCUT2D eigenvalue weighted by Crippen LogP contribution is -2.41. The summed E-state index contributed by atoms with van der Waals surface area (Å²) in [6.07, 6.45) is 6.32. The van der Waals surface area contributed by atoms with Crippen LogP contribution in [0.5, 0.6) is 0 Å². The number of hydrogen-bond acceptors (Lipinski definition) is 3. The van der Waals surface area contributed by atoms with Gasteiger partial charge in [0.2, 0.25) is 0 Å². The van der Waals surface area contributed by atoms with E-state index in [1.807, 2.05) is 0 Å². The Morgan fingerprint density at radius 1 is 1.32 bits per heavy atom. The van der Waals surface area contributed by atoms with E-state index in [1.165, 1.54) is 19.3 Å². The minimum absolute atomic E-state index is 0. The van der Waals surface area contributed by atoms with Gasteiger partial charge in [-0.1, -0.05) is 0 Å². The van der Waals surface area contributed by atoms with E-state index in [0.717, 1.165) is 18.7 Å². The molecule has 5 nitrogen and oxygen atoms in total. The molecule has 2 rings (SSSR count). The fraction of sp³-hybridized carbons (Fsp3) is 0.538. The number of rotatable bonds is 3. The van der Waals surface area contributed by atoms with Crippen molar-refractivity contribution in [3.8, 4) is 0 Å². The summed E-state index contributed by atoms with van der Waals surface area (Å²) in [4.78, 5) is 10.3. The van der Waals surface area contributed by atoms with Gasteiger partial charge in [0.25, 0.3) is 0 Å². The number of guanidine groups is 1. The molecule has 0 bridgehead atoms. The first-order valence-electron chi connectivity index (χ1n) is 6.40. The quantitative estimate of drug-likeness (QED) is 0.477. The molecule has 106 valence electrons. The van der Waals surface area contributed by atoms with Crippen molar-refractivity contribution < 1.29 is 5.11 Å². The molecule has 1 fully saturated rings. The first-order chi connectivity index (χ1) is 8.77. The van der Waals surface area contributed by atoms with Crippen LogP contribution >= 0.6 is 24.0 Å². The van der Waals surface area contributed by atoms with Crippen molar-refractivity contribution in [3.05, 3.63) is 30.1 Å². The highest BCUT2D eigenvalue weighted by Crippen LogP contribution is 2.12. The largest absolute Gasteiger partial charge is 0.386 e. The van der Waals surface area contributed by atoms with Crippen molar-refractivity contribution in [2.45, 2.75) is 25.4 Å². The lowest BCUT2D eigenvalue weighted by atomic mass is 10.1. The van der Waals surface area contributed by atoms with Crippen molar-refractivity contribution in [2.24, 2.45) is 10.7 Å². The molecule has 0 aliphatic carbocycles. The van der Waals surface area contributed by atoms with Gasteiger partial charge in [-0.25, -0.2) is 0 Å². The molecule has 1 saturated heterocycles. The number of nitrogens with zero attached hydrogens (tertiary/aromatic N) is 3. The smallest absolute Gasteiger partial charge is 0.191 e. The Balaban J connectivity index is 0.00000180. The van der Waals surface area contributed by atoms with Crippen LogP contribution in [-0.2, 0) is 0 Å². The third-order valence-electron chi connectivity index (χ3n) is 3.20. The molecular formula is C13H21IN4O. The molecule has 1 unspecified atom stereocenters. The summed E-state index contributed by atoms with van der Waals surface area (Å²) in [5.41, 5.74) is 6.75. The van der Waals surface area contributed by atoms with Gasteiger partial charge in [0.05, 0.1) is 12.6 Å². The number of piperidine rings is 1. The van der Waals surface area contributed by atoms with Gasteiger partial charge in [0.1, 0.15) is 0 Å². The zero-order valence-electron chi connectivity index (χ0n) is 10.9. The highest BCUT2D eigenvalue weighted by molar-refractivity contribution is 14.0. The fourth-order valence-electron chi connectivity index (χ4n) is 2.09. The second kappa shape index (κ2) is 8.31. The molecule has 0 amide bonds. The first-order valence-corrected chi connectivity index (χ1v) is 6.40. The Labute approximate surface area is 130 Å². The maximum Gasteiger partial charge on any atom is 0.191 e. The molecule has 0 spiro atoms. The number of aliphatic hydroxyl groups excluding tert-OH is 1. The minimum atomic E-state index is -0.614. The first kappa shape index (κ1) is 16.2. The lowest BCUT2D eigenvalue weighted by Gasteiger charge is -2.27. The SMILES string of the molecule is I.NC(=NCC(O)c1ccncc1)N1CCCCC1. The van der Waals surface area contributed by atoms with Crippen LogP contribution in [0.4, 0.5) is 0 Å². The topological polar surface area (TPSA) is 74.7 Å². The van der Waals surface area contributed by atoms with Crippen molar-refractivity contribution in [1.29, 1.82) is 0 Å².